The van der Waals surface area contributed by atoms with E-state index in [1.54, 1.807) is 0 Å². The van der Waals surface area contributed by atoms with Gasteiger partial charge in [-0.3, -0.25) is 10.1 Å². The minimum Gasteiger partial charge on any atom is -1.00 e. The molecule has 2 fully saturated rings. The van der Waals surface area contributed by atoms with Crippen molar-refractivity contribution >= 4 is 5.97 Å². The molecular weight excluding hydrogens is 125 g/mol. The quantitative estimate of drug-likeness (QED) is 0.312. The number of nitrogens with one attached hydrogen (secondary N) is 1. The third-order valence-corrected chi connectivity index (χ3v) is 2.02. The smallest absolute Gasteiger partial charge is 1.00 e. The van der Waals surface area contributed by atoms with Crippen LogP contribution >= 0.6 is 0 Å². The van der Waals surface area contributed by atoms with Crippen LogP contribution in [0.5, 0.6) is 0 Å². The van der Waals surface area contributed by atoms with Gasteiger partial charge in [-0.2, -0.15) is 0 Å². The Labute approximate surface area is 72.8 Å². The van der Waals surface area contributed by atoms with E-state index in [1.807, 2.05) is 0 Å². The van der Waals surface area contributed by atoms with Crippen LogP contribution in [-0.4, -0.2) is 23.2 Å². The SMILES string of the molecule is O=C(O)[C@H]1N[C@@H]1C1CC1.[H-].[Li+]. The topological polar surface area (TPSA) is 59.2 Å². The Morgan fingerprint density at radius 3 is 2.50 bits per heavy atom. The number of rotatable bonds is 2. The molecule has 1 saturated heterocycles. The van der Waals surface area contributed by atoms with Crippen molar-refractivity contribution in [3.8, 4) is 0 Å². The minimum absolute atomic E-state index is 0. The Kier molecular flexibility index (Phi) is 2.09. The number of carboxylic acids is 1. The molecule has 3 nitrogen and oxygen atoms in total. The second-order valence-electron chi connectivity index (χ2n) is 2.85. The average Bonchev–Trinajstić information content (AvgIpc) is 2.60. The molecule has 1 heterocycles. The normalized spacial score (nSPS) is 36.4. The molecule has 10 heavy (non-hydrogen) atoms. The van der Waals surface area contributed by atoms with E-state index in [4.69, 9.17) is 5.11 Å². The molecule has 0 radical (unpaired) electrons. The van der Waals surface area contributed by atoms with Crippen molar-refractivity contribution in [1.29, 1.82) is 0 Å². The molecule has 1 saturated carbocycles. The Balaban J connectivity index is 0.000000500. The van der Waals surface area contributed by atoms with Crippen molar-refractivity contribution in [2.45, 2.75) is 24.9 Å². The predicted molar refractivity (Wildman–Crippen MR) is 32.2 cm³/mol. The number of aliphatic carboxylic acids is 1. The van der Waals surface area contributed by atoms with Crippen LogP contribution in [0.15, 0.2) is 0 Å². The first-order chi connectivity index (χ1) is 4.29. The maximum atomic E-state index is 10.2. The minimum atomic E-state index is -0.688. The van der Waals surface area contributed by atoms with E-state index in [0.29, 0.717) is 12.0 Å². The zero-order valence-electron chi connectivity index (χ0n) is 7.00. The Hall–Kier alpha value is 0.0274. The first-order valence-corrected chi connectivity index (χ1v) is 3.28. The van der Waals surface area contributed by atoms with Gasteiger partial charge in [0.25, 0.3) is 0 Å². The molecule has 4 heteroatoms. The van der Waals surface area contributed by atoms with Crippen LogP contribution in [-0.2, 0) is 4.79 Å². The van der Waals surface area contributed by atoms with E-state index in [9.17, 15) is 4.79 Å². The summed E-state index contributed by atoms with van der Waals surface area (Å²) in [5.41, 5.74) is 0. The van der Waals surface area contributed by atoms with Crippen molar-refractivity contribution in [1.82, 2.24) is 5.32 Å². The molecule has 0 unspecified atom stereocenters. The zero-order chi connectivity index (χ0) is 6.43. The summed E-state index contributed by atoms with van der Waals surface area (Å²) in [5.74, 6) is -0.00185. The van der Waals surface area contributed by atoms with Gasteiger partial charge in [-0.1, -0.05) is 0 Å². The van der Waals surface area contributed by atoms with Crippen LogP contribution in [0, 0.1) is 5.92 Å². The third-order valence-electron chi connectivity index (χ3n) is 2.02. The molecule has 0 bridgehead atoms. The van der Waals surface area contributed by atoms with E-state index in [2.05, 4.69) is 5.32 Å². The van der Waals surface area contributed by atoms with Crippen molar-refractivity contribution in [3.63, 3.8) is 0 Å². The Morgan fingerprint density at radius 1 is 1.60 bits per heavy atom. The maximum absolute atomic E-state index is 10.2. The molecule has 1 aliphatic carbocycles. The fourth-order valence-corrected chi connectivity index (χ4v) is 1.24. The van der Waals surface area contributed by atoms with Crippen LogP contribution in [0.4, 0.5) is 0 Å². The van der Waals surface area contributed by atoms with Crippen LogP contribution in [0.25, 0.3) is 0 Å². The van der Waals surface area contributed by atoms with Gasteiger partial charge in [-0.25, -0.2) is 0 Å². The van der Waals surface area contributed by atoms with Crippen LogP contribution in [0.2, 0.25) is 0 Å². The molecular formula is C6H10LiNO2. The predicted octanol–water partition coefficient (Wildman–Crippen LogP) is -3.06. The van der Waals surface area contributed by atoms with Crippen LogP contribution < -0.4 is 24.2 Å². The summed E-state index contributed by atoms with van der Waals surface area (Å²) >= 11 is 0. The molecule has 2 N–H and O–H groups in total. The Morgan fingerprint density at radius 2 is 2.20 bits per heavy atom. The summed E-state index contributed by atoms with van der Waals surface area (Å²) in [6.07, 6.45) is 2.45. The molecule has 0 amide bonds. The van der Waals surface area contributed by atoms with E-state index in [1.165, 1.54) is 12.8 Å². The van der Waals surface area contributed by atoms with Gasteiger partial charge in [0.2, 0.25) is 0 Å². The van der Waals surface area contributed by atoms with Gasteiger partial charge in [0.05, 0.1) is 0 Å². The van der Waals surface area contributed by atoms with Crippen LogP contribution in [0.1, 0.15) is 14.3 Å². The van der Waals surface area contributed by atoms with Crippen molar-refractivity contribution in [2.24, 2.45) is 5.92 Å². The van der Waals surface area contributed by atoms with Crippen molar-refractivity contribution in [3.05, 3.63) is 0 Å². The van der Waals surface area contributed by atoms with Gasteiger partial charge < -0.3 is 6.53 Å². The van der Waals surface area contributed by atoms with Gasteiger partial charge >= 0.3 is 24.8 Å². The van der Waals surface area contributed by atoms with Gasteiger partial charge in [-0.05, 0) is 18.8 Å². The van der Waals surface area contributed by atoms with Crippen molar-refractivity contribution in [2.75, 3.05) is 0 Å². The summed E-state index contributed by atoms with van der Waals surface area (Å²) < 4.78 is 0. The van der Waals surface area contributed by atoms with Gasteiger partial charge in [0.1, 0.15) is 6.04 Å². The summed E-state index contributed by atoms with van der Waals surface area (Å²) in [5, 5.41) is 11.4. The molecule has 52 valence electrons. The first-order valence-electron chi connectivity index (χ1n) is 3.28. The van der Waals surface area contributed by atoms with E-state index >= 15 is 0 Å². The summed E-state index contributed by atoms with van der Waals surface area (Å²) in [6.45, 7) is 0. The molecule has 2 rings (SSSR count). The fraction of sp³-hybridized carbons (Fsp3) is 0.833. The number of carbonyl (C=O) groups is 1. The third kappa shape index (κ3) is 1.37. The monoisotopic (exact) mass is 135 g/mol. The largest absolute Gasteiger partial charge is 1.00 e. The molecule has 2 atom stereocenters. The fourth-order valence-electron chi connectivity index (χ4n) is 1.24. The molecule has 0 spiro atoms. The maximum Gasteiger partial charge on any atom is 1.00 e. The molecule has 2 aliphatic rings. The first kappa shape index (κ1) is 8.13. The second-order valence-corrected chi connectivity index (χ2v) is 2.85. The number of hydrogen-bond donors (Lipinski definition) is 2. The average molecular weight is 135 g/mol. The van der Waals surface area contributed by atoms with E-state index in [-0.39, 0.29) is 26.3 Å². The van der Waals surface area contributed by atoms with Gasteiger partial charge in [0, 0.05) is 6.04 Å². The standard InChI is InChI=1S/C6H9NO2.Li.H/c8-6(9)5-4(7-5)3-1-2-3;;/h3-5,7H,1-2H2,(H,8,9);;/q;+1;-1/t4-,5+;;/m1../s1. The summed E-state index contributed by atoms with van der Waals surface area (Å²) in [7, 11) is 0. The molecule has 1 aliphatic heterocycles. The zero-order valence-corrected chi connectivity index (χ0v) is 6.00. The molecule has 0 aromatic heterocycles. The molecule has 0 aromatic rings. The van der Waals surface area contributed by atoms with Gasteiger partial charge in [0.15, 0.2) is 0 Å². The van der Waals surface area contributed by atoms with E-state index < -0.39 is 5.97 Å². The van der Waals surface area contributed by atoms with E-state index in [0.717, 1.165) is 0 Å². The van der Waals surface area contributed by atoms with Gasteiger partial charge in [-0.15, -0.1) is 0 Å². The summed E-state index contributed by atoms with van der Waals surface area (Å²) in [4.78, 5) is 10.2. The number of hydrogen-bond acceptors (Lipinski definition) is 2. The molecule has 0 aromatic carbocycles. The van der Waals surface area contributed by atoms with Crippen molar-refractivity contribution < 1.29 is 30.2 Å². The Bertz CT molecular complexity index is 163. The van der Waals surface area contributed by atoms with Crippen LogP contribution in [0.3, 0.4) is 0 Å². The second kappa shape index (κ2) is 2.58. The number of carboxylic acid groups (broad SMARTS) is 1. The summed E-state index contributed by atoms with van der Waals surface area (Å²) in [6, 6.07) is 0.111.